The van der Waals surface area contributed by atoms with E-state index in [4.69, 9.17) is 42.6 Å². The van der Waals surface area contributed by atoms with Crippen molar-refractivity contribution in [3.63, 3.8) is 0 Å². The highest BCUT2D eigenvalue weighted by Crippen LogP contribution is 2.50. The van der Waals surface area contributed by atoms with Gasteiger partial charge in [0.25, 0.3) is 0 Å². The number of hydrogen-bond donors (Lipinski definition) is 0. The number of rotatable bonds is 4. The molecule has 0 atom stereocenters. The lowest BCUT2D eigenvalue weighted by atomic mass is 9.89. The van der Waals surface area contributed by atoms with Crippen LogP contribution in [0.2, 0.25) is 0 Å². The predicted molar refractivity (Wildman–Crippen MR) is 230 cm³/mol. The summed E-state index contributed by atoms with van der Waals surface area (Å²) in [5, 5.41) is 13.2. The highest BCUT2D eigenvalue weighted by Gasteiger charge is 2.23. The second kappa shape index (κ2) is 17.0. The lowest BCUT2D eigenvalue weighted by Gasteiger charge is -2.21. The first kappa shape index (κ1) is 38.4. The molecule has 0 spiro atoms. The Bertz CT molecular complexity index is 2340. The van der Waals surface area contributed by atoms with Gasteiger partial charge in [-0.15, -0.1) is 0 Å². The summed E-state index contributed by atoms with van der Waals surface area (Å²) in [6.07, 6.45) is 2.94. The number of methoxy groups -OCH3 is 4. The van der Waals surface area contributed by atoms with Gasteiger partial charge in [-0.05, 0) is 63.1 Å². The first-order chi connectivity index (χ1) is 28.7. The van der Waals surface area contributed by atoms with Crippen LogP contribution in [0.5, 0.6) is 23.0 Å². The fourth-order valence-corrected chi connectivity index (χ4v) is 9.03. The lowest BCUT2D eigenvalue weighted by molar-refractivity contribution is 0.00739. The molecular weight excluding hydrogens is 733 g/mol. The van der Waals surface area contributed by atoms with Gasteiger partial charge in [0.1, 0.15) is 0 Å². The zero-order valence-electron chi connectivity index (χ0n) is 33.8. The van der Waals surface area contributed by atoms with Gasteiger partial charge in [-0.25, -0.2) is 0 Å². The van der Waals surface area contributed by atoms with Crippen LogP contribution in [-0.4, -0.2) is 68.1 Å². The van der Waals surface area contributed by atoms with E-state index < -0.39 is 0 Å². The number of fused-ring (bicyclic) bond motifs is 2. The predicted octanol–water partition coefficient (Wildman–Crippen LogP) is 10.5. The molecule has 9 heteroatoms. The van der Waals surface area contributed by atoms with Crippen LogP contribution < -0.4 is 18.9 Å². The summed E-state index contributed by atoms with van der Waals surface area (Å²) in [4.78, 5) is 0. The molecule has 0 amide bonds. The van der Waals surface area contributed by atoms with Crippen molar-refractivity contribution >= 4 is 64.6 Å². The molecule has 0 N–H and O–H groups in total. The summed E-state index contributed by atoms with van der Waals surface area (Å²) >= 11 is 0. The van der Waals surface area contributed by atoms with Crippen LogP contribution in [0.25, 0.3) is 64.6 Å². The standard InChI is InChI=1S/C49H50O9/c1-50-46-38-12-8-30-26-55-20-6-5-7-21-56-27-31-9-13-39-43-35(31)17-19-37-33(11-15-41(45(37)43)49(53-4)47(39)51-2)29-58-25-23-54-22-24-57-28-32-10-14-40(48(46)52-3)44-36(32)18-16-34(30)42(38)44/h8-19H,5-7,20-29H2,1-4H3. The molecule has 9 nitrogen and oxygen atoms in total. The van der Waals surface area contributed by atoms with Gasteiger partial charge in [0.05, 0.1) is 81.3 Å². The molecule has 1 heterocycles. The van der Waals surface area contributed by atoms with E-state index >= 15 is 0 Å². The monoisotopic (exact) mass is 782 g/mol. The minimum Gasteiger partial charge on any atom is -0.492 e. The van der Waals surface area contributed by atoms with Crippen molar-refractivity contribution in [2.24, 2.45) is 0 Å². The van der Waals surface area contributed by atoms with E-state index in [0.29, 0.717) is 66.1 Å². The Morgan fingerprint density at radius 1 is 0.293 bits per heavy atom. The molecule has 1 aliphatic rings. The highest BCUT2D eigenvalue weighted by atomic mass is 16.5. The van der Waals surface area contributed by atoms with E-state index in [-0.39, 0.29) is 0 Å². The zero-order chi connectivity index (χ0) is 39.6. The summed E-state index contributed by atoms with van der Waals surface area (Å²) in [6.45, 7) is 5.20. The quantitative estimate of drug-likeness (QED) is 0.162. The van der Waals surface area contributed by atoms with Crippen molar-refractivity contribution in [2.75, 3.05) is 68.1 Å². The van der Waals surface area contributed by atoms with Gasteiger partial charge in [-0.1, -0.05) is 72.8 Å². The van der Waals surface area contributed by atoms with E-state index in [0.717, 1.165) is 129 Å². The Balaban J connectivity index is 0.981. The van der Waals surface area contributed by atoms with Crippen molar-refractivity contribution in [1.29, 1.82) is 0 Å². The smallest absolute Gasteiger partial charge is 0.169 e. The molecular formula is C49H50O9. The number of benzene rings is 8. The van der Waals surface area contributed by atoms with Crippen LogP contribution in [-0.2, 0) is 50.1 Å². The van der Waals surface area contributed by atoms with Crippen molar-refractivity contribution in [3.05, 3.63) is 95.1 Å². The van der Waals surface area contributed by atoms with E-state index in [1.165, 1.54) is 0 Å². The topological polar surface area (TPSA) is 83.1 Å². The Kier molecular flexibility index (Phi) is 11.2. The van der Waals surface area contributed by atoms with Gasteiger partial charge in [0.2, 0.25) is 0 Å². The fourth-order valence-electron chi connectivity index (χ4n) is 9.03. The van der Waals surface area contributed by atoms with Gasteiger partial charge in [0, 0.05) is 56.3 Å². The van der Waals surface area contributed by atoms with Crippen LogP contribution in [0.15, 0.2) is 72.8 Å². The van der Waals surface area contributed by atoms with Crippen LogP contribution in [0.1, 0.15) is 41.5 Å². The molecule has 8 aromatic carbocycles. The number of ether oxygens (including phenoxy) is 9. The van der Waals surface area contributed by atoms with E-state index in [1.807, 2.05) is 0 Å². The van der Waals surface area contributed by atoms with Crippen molar-refractivity contribution in [2.45, 2.75) is 45.7 Å². The molecule has 9 rings (SSSR count). The Morgan fingerprint density at radius 3 is 0.845 bits per heavy atom. The molecule has 58 heavy (non-hydrogen) atoms. The maximum atomic E-state index is 6.30. The molecule has 0 fully saturated rings. The molecule has 0 aliphatic carbocycles. The van der Waals surface area contributed by atoms with Crippen molar-refractivity contribution < 1.29 is 42.6 Å². The Hall–Kier alpha value is -5.16. The maximum absolute atomic E-state index is 6.30. The normalized spacial score (nSPS) is 16.1. The number of hydrogen-bond acceptors (Lipinski definition) is 9. The maximum Gasteiger partial charge on any atom is 0.169 e. The third-order valence-electron chi connectivity index (χ3n) is 11.7. The molecule has 300 valence electrons. The van der Waals surface area contributed by atoms with Crippen molar-refractivity contribution in [3.8, 4) is 23.0 Å². The Morgan fingerprint density at radius 2 is 0.552 bits per heavy atom. The minimum absolute atomic E-state index is 0.460. The molecule has 0 aromatic heterocycles. The Labute approximate surface area is 338 Å². The van der Waals surface area contributed by atoms with E-state index in [1.54, 1.807) is 28.4 Å². The zero-order valence-corrected chi connectivity index (χ0v) is 33.8. The van der Waals surface area contributed by atoms with Crippen molar-refractivity contribution in [1.82, 2.24) is 0 Å². The van der Waals surface area contributed by atoms with Gasteiger partial charge >= 0.3 is 0 Å². The average molecular weight is 783 g/mol. The first-order valence-corrected chi connectivity index (χ1v) is 20.2. The highest BCUT2D eigenvalue weighted by molar-refractivity contribution is 6.28. The molecule has 1 aliphatic heterocycles. The summed E-state index contributed by atoms with van der Waals surface area (Å²) in [5.74, 6) is 2.95. The van der Waals surface area contributed by atoms with Gasteiger partial charge in [-0.3, -0.25) is 0 Å². The minimum atomic E-state index is 0.460. The van der Waals surface area contributed by atoms with Gasteiger partial charge in [-0.2, -0.15) is 0 Å². The molecule has 0 radical (unpaired) electrons. The van der Waals surface area contributed by atoms with Crippen LogP contribution in [0, 0.1) is 0 Å². The average Bonchev–Trinajstić information content (AvgIpc) is 3.26. The summed E-state index contributed by atoms with van der Waals surface area (Å²) < 4.78 is 54.8. The fraction of sp³-hybridized carbons (Fsp3) is 0.347. The molecule has 0 saturated carbocycles. The van der Waals surface area contributed by atoms with E-state index in [2.05, 4.69) is 72.8 Å². The first-order valence-electron chi connectivity index (χ1n) is 20.2. The van der Waals surface area contributed by atoms with Crippen LogP contribution in [0.3, 0.4) is 0 Å². The SMILES string of the molecule is COc1c(OC)c2ccc3c4ccc5c(ccc1c5c42)COCCCCCOCc1ccc2c(OC)c(OC)c4ccc(c5ccc1c2c54)COCCOCCOC3. The van der Waals surface area contributed by atoms with E-state index in [9.17, 15) is 0 Å². The van der Waals surface area contributed by atoms with Crippen LogP contribution >= 0.6 is 0 Å². The lowest BCUT2D eigenvalue weighted by Crippen LogP contribution is -2.09. The molecule has 8 aromatic rings. The molecule has 4 bridgehead atoms. The summed E-state index contributed by atoms with van der Waals surface area (Å²) in [5.41, 5.74) is 4.51. The third-order valence-corrected chi connectivity index (χ3v) is 11.7. The van der Waals surface area contributed by atoms with Gasteiger partial charge < -0.3 is 42.6 Å². The summed E-state index contributed by atoms with van der Waals surface area (Å²) in [7, 11) is 6.81. The second-order valence-corrected chi connectivity index (χ2v) is 14.9. The molecule has 0 unspecified atom stereocenters. The van der Waals surface area contributed by atoms with Crippen LogP contribution in [0.4, 0.5) is 0 Å². The third kappa shape index (κ3) is 6.74. The largest absolute Gasteiger partial charge is 0.492 e. The van der Waals surface area contributed by atoms with Gasteiger partial charge in [0.15, 0.2) is 23.0 Å². The summed E-state index contributed by atoms with van der Waals surface area (Å²) in [6, 6.07) is 25.9. The second-order valence-electron chi connectivity index (χ2n) is 14.9. The molecule has 0 saturated heterocycles.